The van der Waals surface area contributed by atoms with E-state index in [4.69, 9.17) is 11.6 Å². The van der Waals surface area contributed by atoms with E-state index in [1.165, 1.54) is 0 Å². The molecule has 1 N–H and O–H groups in total. The Morgan fingerprint density at radius 3 is 2.94 bits per heavy atom. The molecule has 0 aliphatic rings. The van der Waals surface area contributed by atoms with E-state index >= 15 is 0 Å². The summed E-state index contributed by atoms with van der Waals surface area (Å²) in [7, 11) is -0.865. The van der Waals surface area contributed by atoms with Gasteiger partial charge in [-0.3, -0.25) is 9.00 Å². The maximum Gasteiger partial charge on any atom is 0.269 e. The minimum Gasteiger partial charge on any atom is -0.350 e. The minimum atomic E-state index is -0.865. The standard InChI is InChI=1S/C10H13ClN2O2S/c1-2-16(15)7-6-12-10(14)8-4-3-5-9(11)13-8/h3-5H,2,6-7H2,1H3,(H,12,14). The Morgan fingerprint density at radius 2 is 2.31 bits per heavy atom. The largest absolute Gasteiger partial charge is 0.350 e. The molecule has 0 radical (unpaired) electrons. The molecule has 0 aliphatic heterocycles. The van der Waals surface area contributed by atoms with Crippen LogP contribution in [0.15, 0.2) is 18.2 Å². The van der Waals surface area contributed by atoms with Crippen LogP contribution in [0.25, 0.3) is 0 Å². The second-order valence-corrected chi connectivity index (χ2v) is 5.29. The molecule has 0 fully saturated rings. The molecule has 1 heterocycles. The lowest BCUT2D eigenvalue weighted by Gasteiger charge is -2.03. The molecule has 0 saturated heterocycles. The van der Waals surface area contributed by atoms with Crippen molar-refractivity contribution in [3.63, 3.8) is 0 Å². The van der Waals surface area contributed by atoms with Gasteiger partial charge >= 0.3 is 0 Å². The Kier molecular flexibility index (Phi) is 5.42. The number of amides is 1. The fourth-order valence-corrected chi connectivity index (χ4v) is 1.83. The highest BCUT2D eigenvalue weighted by Gasteiger charge is 2.07. The second-order valence-electron chi connectivity index (χ2n) is 3.03. The van der Waals surface area contributed by atoms with Crippen molar-refractivity contribution in [1.82, 2.24) is 10.3 Å². The Balaban J connectivity index is 2.44. The highest BCUT2D eigenvalue weighted by molar-refractivity contribution is 7.84. The van der Waals surface area contributed by atoms with Gasteiger partial charge in [0.25, 0.3) is 5.91 Å². The van der Waals surface area contributed by atoms with Gasteiger partial charge in [0, 0.05) is 28.9 Å². The van der Waals surface area contributed by atoms with Crippen LogP contribution in [0.5, 0.6) is 0 Å². The summed E-state index contributed by atoms with van der Waals surface area (Å²) in [5.74, 6) is 0.768. The number of halogens is 1. The summed E-state index contributed by atoms with van der Waals surface area (Å²) in [5.41, 5.74) is 0.273. The van der Waals surface area contributed by atoms with Gasteiger partial charge in [-0.1, -0.05) is 24.6 Å². The number of hydrogen-bond donors (Lipinski definition) is 1. The first-order chi connectivity index (χ1) is 7.63. The van der Waals surface area contributed by atoms with Crippen molar-refractivity contribution in [2.75, 3.05) is 18.1 Å². The summed E-state index contributed by atoms with van der Waals surface area (Å²) in [5, 5.41) is 2.92. The Hall–Kier alpha value is -0.940. The number of carbonyl (C=O) groups excluding carboxylic acids is 1. The zero-order valence-corrected chi connectivity index (χ0v) is 10.5. The lowest BCUT2D eigenvalue weighted by Crippen LogP contribution is -2.28. The van der Waals surface area contributed by atoms with Crippen molar-refractivity contribution < 1.29 is 9.00 Å². The molecule has 1 unspecified atom stereocenters. The third kappa shape index (κ3) is 4.28. The average molecular weight is 261 g/mol. The topological polar surface area (TPSA) is 59.1 Å². The van der Waals surface area contributed by atoms with Crippen molar-refractivity contribution in [3.05, 3.63) is 29.0 Å². The van der Waals surface area contributed by atoms with Crippen LogP contribution < -0.4 is 5.32 Å². The van der Waals surface area contributed by atoms with Gasteiger partial charge in [0.2, 0.25) is 0 Å². The quantitative estimate of drug-likeness (QED) is 0.811. The van der Waals surface area contributed by atoms with E-state index in [-0.39, 0.29) is 16.8 Å². The van der Waals surface area contributed by atoms with Crippen LogP contribution in [0.4, 0.5) is 0 Å². The van der Waals surface area contributed by atoms with Crippen molar-refractivity contribution in [2.24, 2.45) is 0 Å². The Morgan fingerprint density at radius 1 is 1.56 bits per heavy atom. The van der Waals surface area contributed by atoms with Gasteiger partial charge in [-0.25, -0.2) is 4.98 Å². The Bertz CT molecular complexity index is 398. The van der Waals surface area contributed by atoms with Crippen molar-refractivity contribution in [3.8, 4) is 0 Å². The average Bonchev–Trinajstić information content (AvgIpc) is 2.28. The summed E-state index contributed by atoms with van der Waals surface area (Å²) in [6, 6.07) is 4.84. The van der Waals surface area contributed by atoms with Crippen LogP contribution in [0.3, 0.4) is 0 Å². The Labute approximate surface area is 102 Å². The fourth-order valence-electron chi connectivity index (χ4n) is 1.05. The predicted octanol–water partition coefficient (Wildman–Crippen LogP) is 1.23. The van der Waals surface area contributed by atoms with Gasteiger partial charge in [-0.2, -0.15) is 0 Å². The number of nitrogens with one attached hydrogen (secondary N) is 1. The number of carbonyl (C=O) groups is 1. The number of rotatable bonds is 5. The lowest BCUT2D eigenvalue weighted by molar-refractivity contribution is 0.0951. The van der Waals surface area contributed by atoms with Gasteiger partial charge in [0.1, 0.15) is 10.8 Å². The third-order valence-corrected chi connectivity index (χ3v) is 3.40. The van der Waals surface area contributed by atoms with Crippen LogP contribution in [0, 0.1) is 0 Å². The van der Waals surface area contributed by atoms with Crippen LogP contribution >= 0.6 is 11.6 Å². The summed E-state index contributed by atoms with van der Waals surface area (Å²) in [6.07, 6.45) is 0. The van der Waals surface area contributed by atoms with E-state index in [0.717, 1.165) is 0 Å². The molecule has 0 aromatic carbocycles. The van der Waals surface area contributed by atoms with E-state index in [1.807, 2.05) is 6.92 Å². The normalized spacial score (nSPS) is 12.1. The van der Waals surface area contributed by atoms with Gasteiger partial charge in [-0.15, -0.1) is 0 Å². The molecule has 0 aliphatic carbocycles. The van der Waals surface area contributed by atoms with Crippen molar-refractivity contribution >= 4 is 28.3 Å². The zero-order valence-electron chi connectivity index (χ0n) is 8.90. The van der Waals surface area contributed by atoms with Crippen molar-refractivity contribution in [1.29, 1.82) is 0 Å². The van der Waals surface area contributed by atoms with Crippen LogP contribution in [-0.2, 0) is 10.8 Å². The van der Waals surface area contributed by atoms with E-state index in [9.17, 15) is 9.00 Å². The monoisotopic (exact) mass is 260 g/mol. The highest BCUT2D eigenvalue weighted by atomic mass is 35.5. The zero-order chi connectivity index (χ0) is 12.0. The molecular weight excluding hydrogens is 248 g/mol. The molecule has 1 aromatic heterocycles. The van der Waals surface area contributed by atoms with Gasteiger partial charge in [-0.05, 0) is 12.1 Å². The lowest BCUT2D eigenvalue weighted by atomic mass is 10.3. The van der Waals surface area contributed by atoms with Gasteiger partial charge < -0.3 is 5.32 Å². The van der Waals surface area contributed by atoms with Crippen molar-refractivity contribution in [2.45, 2.75) is 6.92 Å². The highest BCUT2D eigenvalue weighted by Crippen LogP contribution is 2.04. The predicted molar refractivity (Wildman–Crippen MR) is 65.1 cm³/mol. The van der Waals surface area contributed by atoms with E-state index in [2.05, 4.69) is 10.3 Å². The van der Waals surface area contributed by atoms with E-state index < -0.39 is 10.8 Å². The molecule has 16 heavy (non-hydrogen) atoms. The summed E-state index contributed by atoms with van der Waals surface area (Å²) in [6.45, 7) is 2.23. The molecule has 4 nitrogen and oxygen atoms in total. The van der Waals surface area contributed by atoms with Crippen LogP contribution in [0.1, 0.15) is 17.4 Å². The molecular formula is C10H13ClN2O2S. The summed E-state index contributed by atoms with van der Waals surface area (Å²) < 4.78 is 11.1. The molecule has 6 heteroatoms. The molecule has 1 rings (SSSR count). The first-order valence-corrected chi connectivity index (χ1v) is 6.76. The van der Waals surface area contributed by atoms with Crippen LogP contribution in [0.2, 0.25) is 5.15 Å². The van der Waals surface area contributed by atoms with Crippen LogP contribution in [-0.4, -0.2) is 33.2 Å². The smallest absolute Gasteiger partial charge is 0.269 e. The second kappa shape index (κ2) is 6.60. The summed E-state index contributed by atoms with van der Waals surface area (Å²) >= 11 is 5.66. The van der Waals surface area contributed by atoms with E-state index in [0.29, 0.717) is 18.1 Å². The number of hydrogen-bond acceptors (Lipinski definition) is 3. The number of aromatic nitrogens is 1. The maximum absolute atomic E-state index is 11.5. The number of nitrogens with zero attached hydrogens (tertiary/aromatic N) is 1. The van der Waals surface area contributed by atoms with E-state index in [1.54, 1.807) is 18.2 Å². The molecule has 0 spiro atoms. The minimum absolute atomic E-state index is 0.273. The number of pyridine rings is 1. The molecule has 0 bridgehead atoms. The molecule has 88 valence electrons. The SMILES string of the molecule is CCS(=O)CCNC(=O)c1cccc(Cl)n1. The maximum atomic E-state index is 11.5. The fraction of sp³-hybridized carbons (Fsp3) is 0.400. The molecule has 1 aromatic rings. The first-order valence-electron chi connectivity index (χ1n) is 4.89. The summed E-state index contributed by atoms with van der Waals surface area (Å²) in [4.78, 5) is 15.4. The van der Waals surface area contributed by atoms with Gasteiger partial charge in [0.15, 0.2) is 0 Å². The molecule has 1 atom stereocenters. The molecule has 0 saturated carbocycles. The first kappa shape index (κ1) is 13.1. The molecule has 1 amide bonds. The third-order valence-electron chi connectivity index (χ3n) is 1.89. The van der Waals surface area contributed by atoms with Gasteiger partial charge in [0.05, 0.1) is 0 Å².